The molecule has 8 heteroatoms. The molecule has 0 aromatic carbocycles. The molecule has 0 radical (unpaired) electrons. The Balaban J connectivity index is 1.97. The lowest BCUT2D eigenvalue weighted by atomic mass is 10.5. The average molecular weight is 301 g/mol. The molecule has 0 saturated heterocycles. The normalized spacial score (nSPS) is 11.0. The summed E-state index contributed by atoms with van der Waals surface area (Å²) in [5.41, 5.74) is 2.36. The number of aromatic nitrogens is 6. The van der Waals surface area contributed by atoms with Gasteiger partial charge in [0.15, 0.2) is 10.8 Å². The van der Waals surface area contributed by atoms with Crippen LogP contribution in [0.4, 0.5) is 5.95 Å². The third-order valence-electron chi connectivity index (χ3n) is 2.75. The van der Waals surface area contributed by atoms with E-state index in [9.17, 15) is 0 Å². The number of anilines is 1. The topological polar surface area (TPSA) is 92.3 Å². The maximum Gasteiger partial charge on any atom is 0.225 e. The van der Waals surface area contributed by atoms with E-state index in [-0.39, 0.29) is 0 Å². The standard InChI is InChI=1S/C13H15N7S/c1-3-5-14-12-19-10-9(16-7-17-10)11(20-12)21-13-15-6-4-8(2)18-13/h4,6-7H,3,5H2,1-2H3,(H2,14,16,17,19,20). The SMILES string of the molecule is CCCNc1nc(Sc2nccc(C)n2)c2[nH]cnc2n1. The second-order valence-corrected chi connectivity index (χ2v) is 5.42. The highest BCUT2D eigenvalue weighted by molar-refractivity contribution is 7.99. The van der Waals surface area contributed by atoms with Crippen molar-refractivity contribution >= 4 is 28.9 Å². The second kappa shape index (κ2) is 6.04. The van der Waals surface area contributed by atoms with Crippen LogP contribution in [0, 0.1) is 6.92 Å². The summed E-state index contributed by atoms with van der Waals surface area (Å²) in [5.74, 6) is 0.576. The van der Waals surface area contributed by atoms with Crippen LogP contribution in [0.25, 0.3) is 11.2 Å². The van der Waals surface area contributed by atoms with Gasteiger partial charge >= 0.3 is 0 Å². The van der Waals surface area contributed by atoms with Crippen LogP contribution in [-0.2, 0) is 0 Å². The van der Waals surface area contributed by atoms with Crippen LogP contribution in [-0.4, -0.2) is 36.4 Å². The minimum atomic E-state index is 0.576. The molecule has 3 aromatic heterocycles. The van der Waals surface area contributed by atoms with Gasteiger partial charge in [0.05, 0.1) is 6.33 Å². The molecule has 21 heavy (non-hydrogen) atoms. The van der Waals surface area contributed by atoms with Crippen LogP contribution in [0.3, 0.4) is 0 Å². The summed E-state index contributed by atoms with van der Waals surface area (Å²) in [4.78, 5) is 24.8. The molecule has 3 aromatic rings. The molecule has 0 aliphatic heterocycles. The molecule has 0 fully saturated rings. The fourth-order valence-corrected chi connectivity index (χ4v) is 2.62. The van der Waals surface area contributed by atoms with Gasteiger partial charge in [0.25, 0.3) is 0 Å². The molecule has 0 atom stereocenters. The lowest BCUT2D eigenvalue weighted by Crippen LogP contribution is -2.05. The first kappa shape index (κ1) is 13.7. The summed E-state index contributed by atoms with van der Waals surface area (Å²) in [6, 6.07) is 1.87. The van der Waals surface area contributed by atoms with Crippen molar-refractivity contribution in [3.05, 3.63) is 24.3 Å². The Morgan fingerprint density at radius 2 is 2.14 bits per heavy atom. The minimum Gasteiger partial charge on any atom is -0.354 e. The number of hydrogen-bond acceptors (Lipinski definition) is 7. The number of aryl methyl sites for hydroxylation is 1. The largest absolute Gasteiger partial charge is 0.354 e. The highest BCUT2D eigenvalue weighted by atomic mass is 32.2. The second-order valence-electron chi connectivity index (χ2n) is 4.46. The molecular weight excluding hydrogens is 286 g/mol. The molecular formula is C13H15N7S. The lowest BCUT2D eigenvalue weighted by Gasteiger charge is -2.06. The van der Waals surface area contributed by atoms with Gasteiger partial charge in [-0.2, -0.15) is 4.98 Å². The van der Waals surface area contributed by atoms with Gasteiger partial charge in [-0.05, 0) is 31.2 Å². The maximum absolute atomic E-state index is 4.53. The van der Waals surface area contributed by atoms with E-state index in [4.69, 9.17) is 0 Å². The molecule has 3 rings (SSSR count). The van der Waals surface area contributed by atoms with Crippen molar-refractivity contribution in [2.24, 2.45) is 0 Å². The van der Waals surface area contributed by atoms with E-state index in [1.54, 1.807) is 12.5 Å². The predicted octanol–water partition coefficient (Wildman–Crippen LogP) is 2.42. The molecule has 108 valence electrons. The molecule has 0 spiro atoms. The number of imidazole rings is 1. The molecule has 0 aliphatic rings. The quantitative estimate of drug-likeness (QED) is 0.552. The van der Waals surface area contributed by atoms with Crippen molar-refractivity contribution in [2.45, 2.75) is 30.5 Å². The zero-order chi connectivity index (χ0) is 14.7. The van der Waals surface area contributed by atoms with Gasteiger partial charge in [0, 0.05) is 18.4 Å². The zero-order valence-electron chi connectivity index (χ0n) is 11.8. The van der Waals surface area contributed by atoms with Gasteiger partial charge in [-0.1, -0.05) is 6.92 Å². The van der Waals surface area contributed by atoms with Gasteiger partial charge < -0.3 is 10.3 Å². The highest BCUT2D eigenvalue weighted by Gasteiger charge is 2.12. The van der Waals surface area contributed by atoms with Crippen LogP contribution in [0.15, 0.2) is 28.8 Å². The summed E-state index contributed by atoms with van der Waals surface area (Å²) in [5, 5.41) is 4.61. The first-order chi connectivity index (χ1) is 10.3. The Bertz CT molecular complexity index is 755. The Hall–Kier alpha value is -2.22. The molecule has 2 N–H and O–H groups in total. The first-order valence-corrected chi connectivity index (χ1v) is 7.50. The van der Waals surface area contributed by atoms with Gasteiger partial charge in [-0.3, -0.25) is 0 Å². The number of H-pyrrole nitrogens is 1. The monoisotopic (exact) mass is 301 g/mol. The maximum atomic E-state index is 4.53. The van der Waals surface area contributed by atoms with E-state index in [0.29, 0.717) is 16.8 Å². The summed E-state index contributed by atoms with van der Waals surface area (Å²) < 4.78 is 0. The van der Waals surface area contributed by atoms with Crippen molar-refractivity contribution in [3.8, 4) is 0 Å². The van der Waals surface area contributed by atoms with E-state index in [0.717, 1.165) is 29.2 Å². The van der Waals surface area contributed by atoms with Crippen LogP contribution < -0.4 is 5.32 Å². The molecule has 3 heterocycles. The smallest absolute Gasteiger partial charge is 0.225 e. The Kier molecular flexibility index (Phi) is 3.96. The molecule has 0 unspecified atom stereocenters. The van der Waals surface area contributed by atoms with Crippen molar-refractivity contribution in [1.29, 1.82) is 0 Å². The Morgan fingerprint density at radius 1 is 1.24 bits per heavy atom. The first-order valence-electron chi connectivity index (χ1n) is 6.68. The highest BCUT2D eigenvalue weighted by Crippen LogP contribution is 2.28. The van der Waals surface area contributed by atoms with Crippen LogP contribution in [0.5, 0.6) is 0 Å². The van der Waals surface area contributed by atoms with E-state index in [2.05, 4.69) is 42.1 Å². The van der Waals surface area contributed by atoms with E-state index >= 15 is 0 Å². The number of nitrogens with zero attached hydrogens (tertiary/aromatic N) is 5. The molecule has 0 saturated carbocycles. The number of fused-ring (bicyclic) bond motifs is 1. The molecule has 7 nitrogen and oxygen atoms in total. The lowest BCUT2D eigenvalue weighted by molar-refractivity contribution is 0.922. The number of nitrogens with one attached hydrogen (secondary N) is 2. The van der Waals surface area contributed by atoms with Gasteiger partial charge in [0.1, 0.15) is 10.5 Å². The molecule has 0 aliphatic carbocycles. The Labute approximate surface area is 126 Å². The van der Waals surface area contributed by atoms with E-state index in [1.165, 1.54) is 11.8 Å². The third kappa shape index (κ3) is 3.10. The molecule has 0 bridgehead atoms. The van der Waals surface area contributed by atoms with Crippen molar-refractivity contribution in [1.82, 2.24) is 29.9 Å². The summed E-state index contributed by atoms with van der Waals surface area (Å²) in [7, 11) is 0. The van der Waals surface area contributed by atoms with Gasteiger partial charge in [0.2, 0.25) is 5.95 Å². The van der Waals surface area contributed by atoms with Gasteiger partial charge in [-0.25, -0.2) is 19.9 Å². The van der Waals surface area contributed by atoms with Crippen LogP contribution in [0.2, 0.25) is 0 Å². The average Bonchev–Trinajstić information content (AvgIpc) is 2.94. The summed E-state index contributed by atoms with van der Waals surface area (Å²) in [6.07, 6.45) is 4.36. The number of aromatic amines is 1. The fraction of sp³-hybridized carbons (Fsp3) is 0.308. The van der Waals surface area contributed by atoms with Crippen LogP contribution in [0.1, 0.15) is 19.0 Å². The third-order valence-corrected chi connectivity index (χ3v) is 3.61. The summed E-state index contributed by atoms with van der Waals surface area (Å²) in [6.45, 7) is 4.85. The van der Waals surface area contributed by atoms with Crippen molar-refractivity contribution < 1.29 is 0 Å². The van der Waals surface area contributed by atoms with Gasteiger partial charge in [-0.15, -0.1) is 0 Å². The minimum absolute atomic E-state index is 0.576. The van der Waals surface area contributed by atoms with Crippen molar-refractivity contribution in [2.75, 3.05) is 11.9 Å². The van der Waals surface area contributed by atoms with E-state index < -0.39 is 0 Å². The predicted molar refractivity (Wildman–Crippen MR) is 81.4 cm³/mol. The number of rotatable bonds is 5. The summed E-state index contributed by atoms with van der Waals surface area (Å²) >= 11 is 1.40. The molecule has 0 amide bonds. The zero-order valence-corrected chi connectivity index (χ0v) is 12.6. The van der Waals surface area contributed by atoms with Crippen LogP contribution >= 0.6 is 11.8 Å². The van der Waals surface area contributed by atoms with Crippen molar-refractivity contribution in [3.63, 3.8) is 0 Å². The number of hydrogen-bond donors (Lipinski definition) is 2. The Morgan fingerprint density at radius 3 is 2.95 bits per heavy atom. The fourth-order valence-electron chi connectivity index (χ4n) is 1.76. The van der Waals surface area contributed by atoms with E-state index in [1.807, 2.05) is 13.0 Å².